The zero-order chi connectivity index (χ0) is 18.4. The summed E-state index contributed by atoms with van der Waals surface area (Å²) in [7, 11) is 0. The van der Waals surface area contributed by atoms with Crippen molar-refractivity contribution in [1.29, 1.82) is 0 Å². The lowest BCUT2D eigenvalue weighted by molar-refractivity contribution is -0.144. The summed E-state index contributed by atoms with van der Waals surface area (Å²) in [6.45, 7) is -0.307. The summed E-state index contributed by atoms with van der Waals surface area (Å²) in [4.78, 5) is 24.7. The molecule has 0 heterocycles. The predicted molar refractivity (Wildman–Crippen MR) is 108 cm³/mol. The van der Waals surface area contributed by atoms with E-state index in [1.54, 1.807) is 6.07 Å². The van der Waals surface area contributed by atoms with E-state index >= 15 is 0 Å². The van der Waals surface area contributed by atoms with Crippen molar-refractivity contribution in [3.63, 3.8) is 0 Å². The molecule has 0 saturated heterocycles. The molecule has 0 aromatic heterocycles. The van der Waals surface area contributed by atoms with Gasteiger partial charge in [0, 0.05) is 9.37 Å². The van der Waals surface area contributed by atoms with E-state index in [1.807, 2.05) is 60.7 Å². The number of ether oxygens (including phenoxy) is 1. The van der Waals surface area contributed by atoms with Crippen LogP contribution in [0.15, 0.2) is 76.1 Å². The van der Waals surface area contributed by atoms with Crippen LogP contribution in [0.25, 0.3) is 10.8 Å². The van der Waals surface area contributed by atoms with Crippen LogP contribution < -0.4 is 5.32 Å². The smallest absolute Gasteiger partial charge is 0.316 e. The second-order valence-electron chi connectivity index (χ2n) is 5.49. The van der Waals surface area contributed by atoms with E-state index in [-0.39, 0.29) is 18.3 Å². The maximum atomic E-state index is 11.9. The van der Waals surface area contributed by atoms with Gasteiger partial charge in [0.1, 0.15) is 0 Å². The van der Waals surface area contributed by atoms with Crippen LogP contribution >= 0.6 is 27.7 Å². The van der Waals surface area contributed by atoms with Crippen LogP contribution in [0.3, 0.4) is 0 Å². The van der Waals surface area contributed by atoms with Crippen LogP contribution in [0.5, 0.6) is 0 Å². The van der Waals surface area contributed by atoms with Crippen molar-refractivity contribution in [3.8, 4) is 0 Å². The summed E-state index contributed by atoms with van der Waals surface area (Å²) in [5.41, 5.74) is 0.638. The standard InChI is InChI=1S/C20H16BrNO3S/c21-17-7-3-4-8-18(17)22-19(23)12-25-20(24)13-26-16-10-9-14-5-1-2-6-15(14)11-16/h1-11H,12-13H2,(H,22,23). The first kappa shape index (κ1) is 18.5. The van der Waals surface area contributed by atoms with E-state index in [4.69, 9.17) is 4.74 Å². The van der Waals surface area contributed by atoms with Gasteiger partial charge in [0.25, 0.3) is 5.91 Å². The molecule has 26 heavy (non-hydrogen) atoms. The molecular formula is C20H16BrNO3S. The van der Waals surface area contributed by atoms with Crippen LogP contribution in [0.1, 0.15) is 0 Å². The second-order valence-corrected chi connectivity index (χ2v) is 7.39. The van der Waals surface area contributed by atoms with Gasteiger partial charge in [0.2, 0.25) is 0 Å². The molecule has 3 aromatic carbocycles. The maximum absolute atomic E-state index is 11.9. The molecule has 4 nitrogen and oxygen atoms in total. The van der Waals surface area contributed by atoms with Gasteiger partial charge in [-0.05, 0) is 51.0 Å². The number of halogens is 1. The summed E-state index contributed by atoms with van der Waals surface area (Å²) in [6, 6.07) is 21.3. The largest absolute Gasteiger partial charge is 0.455 e. The first-order valence-electron chi connectivity index (χ1n) is 7.93. The third kappa shape index (κ3) is 5.09. The van der Waals surface area contributed by atoms with Gasteiger partial charge in [0.15, 0.2) is 6.61 Å². The highest BCUT2D eigenvalue weighted by Crippen LogP contribution is 2.24. The molecule has 0 atom stereocenters. The number of anilines is 1. The van der Waals surface area contributed by atoms with E-state index in [0.717, 1.165) is 20.1 Å². The van der Waals surface area contributed by atoms with Gasteiger partial charge in [-0.15, -0.1) is 11.8 Å². The molecule has 3 rings (SSSR count). The van der Waals surface area contributed by atoms with Crippen LogP contribution in [0.4, 0.5) is 5.69 Å². The highest BCUT2D eigenvalue weighted by atomic mass is 79.9. The molecule has 0 radical (unpaired) electrons. The number of nitrogens with one attached hydrogen (secondary N) is 1. The van der Waals surface area contributed by atoms with Crippen LogP contribution in [0, 0.1) is 0 Å². The quantitative estimate of drug-likeness (QED) is 0.448. The number of benzene rings is 3. The first-order chi connectivity index (χ1) is 12.6. The van der Waals surface area contributed by atoms with Crippen molar-refractivity contribution < 1.29 is 14.3 Å². The monoisotopic (exact) mass is 429 g/mol. The third-order valence-electron chi connectivity index (χ3n) is 3.59. The average Bonchev–Trinajstić information content (AvgIpc) is 2.66. The molecule has 0 aliphatic carbocycles. The minimum Gasteiger partial charge on any atom is -0.455 e. The number of hydrogen-bond acceptors (Lipinski definition) is 4. The molecule has 0 bridgehead atoms. The fourth-order valence-electron chi connectivity index (χ4n) is 2.34. The number of carbonyl (C=O) groups excluding carboxylic acids is 2. The first-order valence-corrected chi connectivity index (χ1v) is 9.71. The molecule has 0 aliphatic heterocycles. The van der Waals surface area contributed by atoms with Crippen LogP contribution in [0.2, 0.25) is 0 Å². The lowest BCUT2D eigenvalue weighted by atomic mass is 10.1. The number of para-hydroxylation sites is 1. The average molecular weight is 430 g/mol. The van der Waals surface area contributed by atoms with Gasteiger partial charge in [-0.2, -0.15) is 0 Å². The minimum absolute atomic E-state index is 0.153. The molecule has 0 fully saturated rings. The molecule has 6 heteroatoms. The van der Waals surface area contributed by atoms with Gasteiger partial charge in [-0.25, -0.2) is 0 Å². The summed E-state index contributed by atoms with van der Waals surface area (Å²) < 4.78 is 5.81. The number of amides is 1. The Morgan fingerprint density at radius 3 is 2.50 bits per heavy atom. The Balaban J connectivity index is 1.46. The van der Waals surface area contributed by atoms with Crippen LogP contribution in [-0.2, 0) is 14.3 Å². The van der Waals surface area contributed by atoms with E-state index in [1.165, 1.54) is 11.8 Å². The fraction of sp³-hybridized carbons (Fsp3) is 0.100. The zero-order valence-electron chi connectivity index (χ0n) is 13.8. The predicted octanol–water partition coefficient (Wildman–Crippen LogP) is 4.88. The Morgan fingerprint density at radius 1 is 0.962 bits per heavy atom. The van der Waals surface area contributed by atoms with Gasteiger partial charge in [0.05, 0.1) is 11.4 Å². The zero-order valence-corrected chi connectivity index (χ0v) is 16.2. The Kier molecular flexibility index (Phi) is 6.30. The lowest BCUT2D eigenvalue weighted by Gasteiger charge is -2.08. The third-order valence-corrected chi connectivity index (χ3v) is 5.25. The number of hydrogen-bond donors (Lipinski definition) is 1. The highest BCUT2D eigenvalue weighted by Gasteiger charge is 2.10. The molecule has 0 spiro atoms. The van der Waals surface area contributed by atoms with Gasteiger partial charge in [-0.3, -0.25) is 9.59 Å². The van der Waals surface area contributed by atoms with E-state index in [2.05, 4.69) is 21.2 Å². The number of thioether (sulfide) groups is 1. The van der Waals surface area contributed by atoms with E-state index in [0.29, 0.717) is 5.69 Å². The van der Waals surface area contributed by atoms with Crippen molar-refractivity contribution in [1.82, 2.24) is 0 Å². The van der Waals surface area contributed by atoms with Crippen molar-refractivity contribution in [2.45, 2.75) is 4.90 Å². The molecule has 132 valence electrons. The molecular weight excluding hydrogens is 414 g/mol. The number of carbonyl (C=O) groups is 2. The van der Waals surface area contributed by atoms with Gasteiger partial charge in [-0.1, -0.05) is 42.5 Å². The molecule has 3 aromatic rings. The SMILES string of the molecule is O=C(COC(=O)CSc1ccc2ccccc2c1)Nc1ccccc1Br. The molecule has 1 amide bonds. The minimum atomic E-state index is -0.426. The number of fused-ring (bicyclic) bond motifs is 1. The normalized spacial score (nSPS) is 10.5. The van der Waals surface area contributed by atoms with Crippen molar-refractivity contribution in [2.75, 3.05) is 17.7 Å². The van der Waals surface area contributed by atoms with E-state index in [9.17, 15) is 9.59 Å². The Bertz CT molecular complexity index is 945. The number of esters is 1. The van der Waals surface area contributed by atoms with Crippen molar-refractivity contribution >= 4 is 56.0 Å². The second kappa shape index (κ2) is 8.87. The number of rotatable bonds is 6. The summed E-state index contributed by atoms with van der Waals surface area (Å²) in [6.07, 6.45) is 0. The fourth-order valence-corrected chi connectivity index (χ4v) is 3.46. The van der Waals surface area contributed by atoms with Crippen molar-refractivity contribution in [3.05, 3.63) is 71.2 Å². The maximum Gasteiger partial charge on any atom is 0.316 e. The van der Waals surface area contributed by atoms with Gasteiger partial charge < -0.3 is 10.1 Å². The Hall–Kier alpha value is -2.31. The summed E-state index contributed by atoms with van der Waals surface area (Å²) in [5.74, 6) is -0.646. The van der Waals surface area contributed by atoms with E-state index < -0.39 is 5.97 Å². The molecule has 1 N–H and O–H groups in total. The highest BCUT2D eigenvalue weighted by molar-refractivity contribution is 9.10. The van der Waals surface area contributed by atoms with Gasteiger partial charge >= 0.3 is 5.97 Å². The molecule has 0 unspecified atom stereocenters. The molecule has 0 aliphatic rings. The summed E-state index contributed by atoms with van der Waals surface area (Å²) >= 11 is 4.73. The Morgan fingerprint density at radius 2 is 1.69 bits per heavy atom. The van der Waals surface area contributed by atoms with Crippen LogP contribution in [-0.4, -0.2) is 24.2 Å². The summed E-state index contributed by atoms with van der Waals surface area (Å²) in [5, 5.41) is 4.97. The Labute approximate surface area is 164 Å². The topological polar surface area (TPSA) is 55.4 Å². The molecule has 0 saturated carbocycles. The lowest BCUT2D eigenvalue weighted by Crippen LogP contribution is -2.21. The van der Waals surface area contributed by atoms with Crippen molar-refractivity contribution in [2.24, 2.45) is 0 Å².